The third-order valence-corrected chi connectivity index (χ3v) is 3.59. The van der Waals surface area contributed by atoms with Crippen LogP contribution in [0.1, 0.15) is 6.42 Å². The molecule has 6 heteroatoms. The Morgan fingerprint density at radius 3 is 3.06 bits per heavy atom. The van der Waals surface area contributed by atoms with Crippen LogP contribution in [-0.2, 0) is 0 Å². The Morgan fingerprint density at radius 2 is 2.25 bits per heavy atom. The van der Waals surface area contributed by atoms with Crippen LogP contribution in [0.15, 0.2) is 6.33 Å². The van der Waals surface area contributed by atoms with Gasteiger partial charge in [0.1, 0.15) is 12.0 Å². The Labute approximate surface area is 99.4 Å². The lowest BCUT2D eigenvalue weighted by Crippen LogP contribution is -2.27. The predicted molar refractivity (Wildman–Crippen MR) is 67.2 cm³/mol. The molecule has 1 aliphatic heterocycles. The second-order valence-electron chi connectivity index (χ2n) is 3.57. The second-order valence-corrected chi connectivity index (χ2v) is 4.80. The molecule has 0 aromatic carbocycles. The highest BCUT2D eigenvalue weighted by Crippen LogP contribution is 2.28. The van der Waals surface area contributed by atoms with Gasteiger partial charge < -0.3 is 15.4 Å². The zero-order valence-corrected chi connectivity index (χ0v) is 10.2. The molecule has 1 aromatic heterocycles. The molecule has 1 aromatic rings. The van der Waals surface area contributed by atoms with Gasteiger partial charge in [-0.05, 0) is 12.2 Å². The predicted octanol–water partition coefficient (Wildman–Crippen LogP) is 1.01. The number of thioether (sulfide) groups is 1. The first-order valence-electron chi connectivity index (χ1n) is 5.30. The molecule has 0 radical (unpaired) electrons. The number of nitrogen functional groups attached to an aromatic ring is 1. The molecule has 0 amide bonds. The largest absolute Gasteiger partial charge is 0.479 e. The van der Waals surface area contributed by atoms with E-state index in [9.17, 15) is 0 Å². The van der Waals surface area contributed by atoms with Crippen molar-refractivity contribution in [3.8, 4) is 5.88 Å². The number of aromatic nitrogens is 2. The van der Waals surface area contributed by atoms with E-state index in [0.29, 0.717) is 11.6 Å². The third kappa shape index (κ3) is 2.32. The van der Waals surface area contributed by atoms with Gasteiger partial charge in [-0.3, -0.25) is 0 Å². The Hall–Kier alpha value is -1.17. The summed E-state index contributed by atoms with van der Waals surface area (Å²) < 4.78 is 5.10. The first-order chi connectivity index (χ1) is 7.83. The van der Waals surface area contributed by atoms with Crippen LogP contribution in [0.5, 0.6) is 5.88 Å². The van der Waals surface area contributed by atoms with Gasteiger partial charge in [-0.2, -0.15) is 16.7 Å². The van der Waals surface area contributed by atoms with Crippen molar-refractivity contribution in [1.29, 1.82) is 0 Å². The number of nitrogens with two attached hydrogens (primary N) is 1. The molecule has 2 rings (SSSR count). The summed E-state index contributed by atoms with van der Waals surface area (Å²) in [6, 6.07) is 0. The summed E-state index contributed by atoms with van der Waals surface area (Å²) in [6.45, 7) is 1.98. The first-order valence-corrected chi connectivity index (χ1v) is 6.45. The summed E-state index contributed by atoms with van der Waals surface area (Å²) in [7, 11) is 1.57. The average Bonchev–Trinajstić information content (AvgIpc) is 2.58. The van der Waals surface area contributed by atoms with Gasteiger partial charge in [0.25, 0.3) is 0 Å². The number of methoxy groups -OCH3 is 1. The molecule has 2 heterocycles. The summed E-state index contributed by atoms with van der Waals surface area (Å²) in [5.41, 5.74) is 6.52. The van der Waals surface area contributed by atoms with Crippen molar-refractivity contribution in [1.82, 2.24) is 9.97 Å². The topological polar surface area (TPSA) is 64.3 Å². The Morgan fingerprint density at radius 1 is 1.38 bits per heavy atom. The van der Waals surface area contributed by atoms with Crippen molar-refractivity contribution in [3.63, 3.8) is 0 Å². The molecule has 16 heavy (non-hydrogen) atoms. The van der Waals surface area contributed by atoms with E-state index >= 15 is 0 Å². The Balaban J connectivity index is 2.24. The lowest BCUT2D eigenvalue weighted by molar-refractivity contribution is 0.399. The normalized spacial score (nSPS) is 16.9. The number of ether oxygens (including phenoxy) is 1. The van der Waals surface area contributed by atoms with Crippen LogP contribution in [0.2, 0.25) is 0 Å². The maximum atomic E-state index is 5.98. The fourth-order valence-corrected chi connectivity index (χ4v) is 2.63. The molecule has 0 bridgehead atoms. The van der Waals surface area contributed by atoms with Crippen molar-refractivity contribution in [2.24, 2.45) is 0 Å². The second kappa shape index (κ2) is 5.25. The zero-order valence-electron chi connectivity index (χ0n) is 9.35. The van der Waals surface area contributed by atoms with Crippen LogP contribution >= 0.6 is 11.8 Å². The van der Waals surface area contributed by atoms with Crippen LogP contribution < -0.4 is 15.4 Å². The lowest BCUT2D eigenvalue weighted by Gasteiger charge is -2.22. The van der Waals surface area contributed by atoms with Gasteiger partial charge in [-0.25, -0.2) is 4.98 Å². The lowest BCUT2D eigenvalue weighted by atomic mass is 10.3. The molecule has 88 valence electrons. The van der Waals surface area contributed by atoms with Crippen molar-refractivity contribution >= 4 is 23.3 Å². The highest BCUT2D eigenvalue weighted by Gasteiger charge is 2.16. The van der Waals surface area contributed by atoms with Crippen LogP contribution in [-0.4, -0.2) is 41.7 Å². The minimum Gasteiger partial charge on any atom is -0.479 e. The highest BCUT2D eigenvalue weighted by atomic mass is 32.2. The van der Waals surface area contributed by atoms with E-state index in [1.807, 2.05) is 11.8 Å². The molecule has 0 aliphatic carbocycles. The maximum absolute atomic E-state index is 5.98. The molecule has 0 unspecified atom stereocenters. The van der Waals surface area contributed by atoms with Crippen molar-refractivity contribution in [2.75, 3.05) is 42.3 Å². The number of hydrogen-bond donors (Lipinski definition) is 1. The number of anilines is 2. The standard InChI is InChI=1S/C10H16N4OS/c1-15-10-8(11)9(12-7-13-10)14-3-2-5-16-6-4-14/h7H,2-6,11H2,1H3. The van der Waals surface area contributed by atoms with Gasteiger partial charge in [0.15, 0.2) is 5.82 Å². The van der Waals surface area contributed by atoms with Gasteiger partial charge in [0, 0.05) is 18.8 Å². The fraction of sp³-hybridized carbons (Fsp3) is 0.600. The number of hydrogen-bond acceptors (Lipinski definition) is 6. The van der Waals surface area contributed by atoms with Gasteiger partial charge in [0.2, 0.25) is 5.88 Å². The minimum absolute atomic E-state index is 0.460. The monoisotopic (exact) mass is 240 g/mol. The van der Waals surface area contributed by atoms with E-state index < -0.39 is 0 Å². The van der Waals surface area contributed by atoms with E-state index in [0.717, 1.165) is 31.1 Å². The van der Waals surface area contributed by atoms with Crippen molar-refractivity contribution in [2.45, 2.75) is 6.42 Å². The van der Waals surface area contributed by atoms with Crippen LogP contribution in [0, 0.1) is 0 Å². The summed E-state index contributed by atoms with van der Waals surface area (Å²) in [6.07, 6.45) is 2.67. The smallest absolute Gasteiger partial charge is 0.242 e. The van der Waals surface area contributed by atoms with E-state index in [1.54, 1.807) is 7.11 Å². The van der Waals surface area contributed by atoms with E-state index in [1.165, 1.54) is 12.1 Å². The molecule has 5 nitrogen and oxygen atoms in total. The minimum atomic E-state index is 0.460. The van der Waals surface area contributed by atoms with Gasteiger partial charge >= 0.3 is 0 Å². The summed E-state index contributed by atoms with van der Waals surface area (Å²) in [5.74, 6) is 3.58. The van der Waals surface area contributed by atoms with Gasteiger partial charge in [0.05, 0.1) is 7.11 Å². The van der Waals surface area contributed by atoms with E-state index in [-0.39, 0.29) is 0 Å². The van der Waals surface area contributed by atoms with Gasteiger partial charge in [-0.1, -0.05) is 0 Å². The van der Waals surface area contributed by atoms with Gasteiger partial charge in [-0.15, -0.1) is 0 Å². The van der Waals surface area contributed by atoms with Crippen LogP contribution in [0.4, 0.5) is 11.5 Å². The van der Waals surface area contributed by atoms with E-state index in [2.05, 4.69) is 14.9 Å². The fourth-order valence-electron chi connectivity index (χ4n) is 1.74. The van der Waals surface area contributed by atoms with Crippen molar-refractivity contribution in [3.05, 3.63) is 6.33 Å². The first kappa shape index (κ1) is 11.3. The molecule has 1 aliphatic rings. The molecule has 0 atom stereocenters. The molecule has 2 N–H and O–H groups in total. The Bertz CT molecular complexity index is 353. The summed E-state index contributed by atoms with van der Waals surface area (Å²) in [5, 5.41) is 0. The summed E-state index contributed by atoms with van der Waals surface area (Å²) >= 11 is 1.97. The SMILES string of the molecule is COc1ncnc(N2CCCSCC2)c1N. The van der Waals surface area contributed by atoms with E-state index in [4.69, 9.17) is 10.5 Å². The summed E-state index contributed by atoms with van der Waals surface area (Å²) in [4.78, 5) is 10.4. The van der Waals surface area contributed by atoms with Crippen molar-refractivity contribution < 1.29 is 4.74 Å². The molecule has 1 saturated heterocycles. The molecule has 0 saturated carbocycles. The Kier molecular flexibility index (Phi) is 3.71. The molecule has 0 spiro atoms. The highest BCUT2D eigenvalue weighted by molar-refractivity contribution is 7.99. The number of rotatable bonds is 2. The van der Waals surface area contributed by atoms with Crippen LogP contribution in [0.25, 0.3) is 0 Å². The van der Waals surface area contributed by atoms with Crippen LogP contribution in [0.3, 0.4) is 0 Å². The maximum Gasteiger partial charge on any atom is 0.242 e. The molecule has 1 fully saturated rings. The molecular formula is C10H16N4OS. The third-order valence-electron chi connectivity index (χ3n) is 2.54. The average molecular weight is 240 g/mol. The molecular weight excluding hydrogens is 224 g/mol. The quantitative estimate of drug-likeness (QED) is 0.832. The number of nitrogens with zero attached hydrogens (tertiary/aromatic N) is 3. The zero-order chi connectivity index (χ0) is 11.4.